The second-order valence-electron chi connectivity index (χ2n) is 6.02. The van der Waals surface area contributed by atoms with Crippen LogP contribution in [-0.4, -0.2) is 61.5 Å². The smallest absolute Gasteiger partial charge is 0.236 e. The molecule has 1 amide bonds. The van der Waals surface area contributed by atoms with Gasteiger partial charge in [-0.3, -0.25) is 9.69 Å². The first kappa shape index (κ1) is 16.4. The first-order valence-electron chi connectivity index (χ1n) is 7.73. The lowest BCUT2D eigenvalue weighted by atomic mass is 9.97. The SMILES string of the molecule is CCCNCC1CCN(CC(=O)N(C)C(C)C)CC1. The van der Waals surface area contributed by atoms with Crippen molar-refractivity contribution in [2.45, 2.75) is 46.1 Å². The summed E-state index contributed by atoms with van der Waals surface area (Å²) in [6.07, 6.45) is 3.64. The van der Waals surface area contributed by atoms with E-state index in [0.29, 0.717) is 12.6 Å². The predicted molar refractivity (Wildman–Crippen MR) is 80.2 cm³/mol. The highest BCUT2D eigenvalue weighted by Crippen LogP contribution is 2.16. The number of amides is 1. The Kier molecular flexibility index (Phi) is 7.39. The molecule has 4 heteroatoms. The van der Waals surface area contributed by atoms with Gasteiger partial charge in [0.05, 0.1) is 6.54 Å². The van der Waals surface area contributed by atoms with Crippen LogP contribution in [-0.2, 0) is 4.79 Å². The predicted octanol–water partition coefficient (Wildman–Crippen LogP) is 1.56. The molecular weight excluding hydrogens is 238 g/mol. The Morgan fingerprint density at radius 1 is 1.37 bits per heavy atom. The number of nitrogens with zero attached hydrogens (tertiary/aromatic N) is 2. The van der Waals surface area contributed by atoms with Gasteiger partial charge in [0.1, 0.15) is 0 Å². The van der Waals surface area contributed by atoms with Crippen molar-refractivity contribution >= 4 is 5.91 Å². The lowest BCUT2D eigenvalue weighted by molar-refractivity contribution is -0.132. The molecule has 0 spiro atoms. The molecule has 0 aromatic carbocycles. The zero-order valence-corrected chi connectivity index (χ0v) is 13.1. The highest BCUT2D eigenvalue weighted by molar-refractivity contribution is 5.78. The monoisotopic (exact) mass is 269 g/mol. The maximum absolute atomic E-state index is 12.0. The molecule has 0 aromatic heterocycles. The van der Waals surface area contributed by atoms with Gasteiger partial charge in [-0.05, 0) is 65.2 Å². The van der Waals surface area contributed by atoms with Gasteiger partial charge >= 0.3 is 0 Å². The number of hydrogen-bond acceptors (Lipinski definition) is 3. The summed E-state index contributed by atoms with van der Waals surface area (Å²) in [7, 11) is 1.90. The first-order valence-corrected chi connectivity index (χ1v) is 7.73. The lowest BCUT2D eigenvalue weighted by Crippen LogP contribution is -2.45. The molecule has 1 rings (SSSR count). The van der Waals surface area contributed by atoms with Gasteiger partial charge in [0.15, 0.2) is 0 Å². The molecule has 1 fully saturated rings. The van der Waals surface area contributed by atoms with Gasteiger partial charge < -0.3 is 10.2 Å². The van der Waals surface area contributed by atoms with E-state index in [4.69, 9.17) is 0 Å². The molecule has 1 heterocycles. The van der Waals surface area contributed by atoms with Gasteiger partial charge in [0.25, 0.3) is 0 Å². The van der Waals surface area contributed by atoms with Crippen LogP contribution in [0.25, 0.3) is 0 Å². The average molecular weight is 269 g/mol. The zero-order valence-electron chi connectivity index (χ0n) is 13.1. The minimum absolute atomic E-state index is 0.248. The highest BCUT2D eigenvalue weighted by atomic mass is 16.2. The second-order valence-corrected chi connectivity index (χ2v) is 6.02. The minimum Gasteiger partial charge on any atom is -0.342 e. The number of piperidine rings is 1. The number of carbonyl (C=O) groups is 1. The van der Waals surface area contributed by atoms with Crippen LogP contribution in [0.4, 0.5) is 0 Å². The van der Waals surface area contributed by atoms with E-state index in [1.54, 1.807) is 0 Å². The van der Waals surface area contributed by atoms with E-state index in [1.807, 2.05) is 11.9 Å². The van der Waals surface area contributed by atoms with Gasteiger partial charge in [-0.2, -0.15) is 0 Å². The number of likely N-dealkylation sites (N-methyl/N-ethyl adjacent to an activating group) is 1. The molecule has 0 radical (unpaired) electrons. The van der Waals surface area contributed by atoms with Crippen LogP contribution in [0.1, 0.15) is 40.0 Å². The molecule has 19 heavy (non-hydrogen) atoms. The average Bonchev–Trinajstić information content (AvgIpc) is 2.40. The van der Waals surface area contributed by atoms with Crippen LogP contribution in [0.5, 0.6) is 0 Å². The molecule has 0 bridgehead atoms. The molecular formula is C15H31N3O. The van der Waals surface area contributed by atoms with Crippen LogP contribution < -0.4 is 5.32 Å². The van der Waals surface area contributed by atoms with Crippen molar-refractivity contribution < 1.29 is 4.79 Å². The van der Waals surface area contributed by atoms with E-state index < -0.39 is 0 Å². The molecule has 1 N–H and O–H groups in total. The van der Waals surface area contributed by atoms with Crippen LogP contribution in [0.15, 0.2) is 0 Å². The van der Waals surface area contributed by atoms with Crippen molar-refractivity contribution in [1.82, 2.24) is 15.1 Å². The van der Waals surface area contributed by atoms with Crippen molar-refractivity contribution in [2.75, 3.05) is 39.8 Å². The van der Waals surface area contributed by atoms with Gasteiger partial charge in [-0.15, -0.1) is 0 Å². The largest absolute Gasteiger partial charge is 0.342 e. The lowest BCUT2D eigenvalue weighted by Gasteiger charge is -2.33. The Balaban J connectivity index is 2.21. The number of likely N-dealkylation sites (tertiary alicyclic amines) is 1. The summed E-state index contributed by atoms with van der Waals surface area (Å²) < 4.78 is 0. The van der Waals surface area contributed by atoms with Crippen molar-refractivity contribution in [3.05, 3.63) is 0 Å². The third-order valence-electron chi connectivity index (χ3n) is 4.09. The van der Waals surface area contributed by atoms with E-state index >= 15 is 0 Å². The third kappa shape index (κ3) is 5.91. The number of nitrogens with one attached hydrogen (secondary N) is 1. The van der Waals surface area contributed by atoms with Crippen LogP contribution in [0.3, 0.4) is 0 Å². The van der Waals surface area contributed by atoms with E-state index in [1.165, 1.54) is 19.3 Å². The fourth-order valence-electron chi connectivity index (χ4n) is 2.42. The Morgan fingerprint density at radius 2 is 2.00 bits per heavy atom. The summed E-state index contributed by atoms with van der Waals surface area (Å²) in [6.45, 7) is 11.3. The molecule has 1 aliphatic rings. The number of rotatable bonds is 7. The molecule has 0 atom stereocenters. The Bertz CT molecular complexity index is 260. The normalized spacial score (nSPS) is 17.9. The highest BCUT2D eigenvalue weighted by Gasteiger charge is 2.22. The Hall–Kier alpha value is -0.610. The molecule has 1 saturated heterocycles. The molecule has 112 valence electrons. The number of carbonyl (C=O) groups excluding carboxylic acids is 1. The van der Waals surface area contributed by atoms with Crippen molar-refractivity contribution in [2.24, 2.45) is 5.92 Å². The fraction of sp³-hybridized carbons (Fsp3) is 0.933. The number of hydrogen-bond donors (Lipinski definition) is 1. The molecule has 0 aromatic rings. The Labute approximate surface area is 118 Å². The van der Waals surface area contributed by atoms with E-state index in [0.717, 1.165) is 32.1 Å². The summed E-state index contributed by atoms with van der Waals surface area (Å²) in [6, 6.07) is 0.295. The Morgan fingerprint density at radius 3 is 2.53 bits per heavy atom. The molecule has 4 nitrogen and oxygen atoms in total. The summed E-state index contributed by atoms with van der Waals surface area (Å²) in [4.78, 5) is 16.2. The minimum atomic E-state index is 0.248. The first-order chi connectivity index (χ1) is 9.04. The van der Waals surface area contributed by atoms with Crippen molar-refractivity contribution in [3.8, 4) is 0 Å². The van der Waals surface area contributed by atoms with Gasteiger partial charge in [-0.1, -0.05) is 6.92 Å². The van der Waals surface area contributed by atoms with Crippen LogP contribution in [0.2, 0.25) is 0 Å². The van der Waals surface area contributed by atoms with Gasteiger partial charge in [-0.25, -0.2) is 0 Å². The summed E-state index contributed by atoms with van der Waals surface area (Å²) in [5.74, 6) is 1.04. The molecule has 1 aliphatic heterocycles. The maximum Gasteiger partial charge on any atom is 0.236 e. The molecule has 0 saturated carbocycles. The van der Waals surface area contributed by atoms with E-state index in [2.05, 4.69) is 31.0 Å². The zero-order chi connectivity index (χ0) is 14.3. The summed E-state index contributed by atoms with van der Waals surface area (Å²) in [5.41, 5.74) is 0. The second kappa shape index (κ2) is 8.54. The van der Waals surface area contributed by atoms with Gasteiger partial charge in [0.2, 0.25) is 5.91 Å². The van der Waals surface area contributed by atoms with E-state index in [9.17, 15) is 4.79 Å². The van der Waals surface area contributed by atoms with Crippen molar-refractivity contribution in [1.29, 1.82) is 0 Å². The van der Waals surface area contributed by atoms with E-state index in [-0.39, 0.29) is 5.91 Å². The third-order valence-corrected chi connectivity index (χ3v) is 4.09. The quantitative estimate of drug-likeness (QED) is 0.713. The molecule has 0 aliphatic carbocycles. The summed E-state index contributed by atoms with van der Waals surface area (Å²) >= 11 is 0. The standard InChI is InChI=1S/C15H31N3O/c1-5-8-16-11-14-6-9-18(10-7-14)12-15(19)17(4)13(2)3/h13-14,16H,5-12H2,1-4H3. The summed E-state index contributed by atoms with van der Waals surface area (Å²) in [5, 5.41) is 3.50. The van der Waals surface area contributed by atoms with Gasteiger partial charge in [0, 0.05) is 13.1 Å². The van der Waals surface area contributed by atoms with Crippen LogP contribution >= 0.6 is 0 Å². The topological polar surface area (TPSA) is 35.6 Å². The van der Waals surface area contributed by atoms with Crippen molar-refractivity contribution in [3.63, 3.8) is 0 Å². The maximum atomic E-state index is 12.0. The fourth-order valence-corrected chi connectivity index (χ4v) is 2.42. The molecule has 0 unspecified atom stereocenters. The van der Waals surface area contributed by atoms with Crippen LogP contribution in [0, 0.1) is 5.92 Å².